The lowest BCUT2D eigenvalue weighted by atomic mass is 9.93. The second kappa shape index (κ2) is 10.8. The molecule has 0 saturated carbocycles. The fraction of sp³-hybridized carbons (Fsp3) is 0.240. The Morgan fingerprint density at radius 1 is 1.12 bits per heavy atom. The Balaban J connectivity index is 1.41. The number of nitrogens with zero attached hydrogens (tertiary/aromatic N) is 4. The Morgan fingerprint density at radius 2 is 1.94 bits per heavy atom. The fourth-order valence-corrected chi connectivity index (χ4v) is 4.14. The molecule has 1 aliphatic heterocycles. The van der Waals surface area contributed by atoms with E-state index < -0.39 is 0 Å². The predicted octanol–water partition coefficient (Wildman–Crippen LogP) is 4.50. The number of nitrogens with one attached hydrogen (secondary N) is 2. The Bertz CT molecular complexity index is 1220. The lowest BCUT2D eigenvalue weighted by Crippen LogP contribution is -2.36. The molecular weight excluding hydrogens is 452 g/mol. The number of halogens is 1. The van der Waals surface area contributed by atoms with Crippen LogP contribution in [-0.4, -0.2) is 34.9 Å². The topological polar surface area (TPSA) is 111 Å². The summed E-state index contributed by atoms with van der Waals surface area (Å²) in [5, 5.41) is 15.5. The molecule has 0 aliphatic carbocycles. The highest BCUT2D eigenvalue weighted by Crippen LogP contribution is 2.30. The van der Waals surface area contributed by atoms with Crippen molar-refractivity contribution in [1.29, 1.82) is 5.26 Å². The zero-order chi connectivity index (χ0) is 23.9. The molecule has 34 heavy (non-hydrogen) atoms. The molecule has 0 radical (unpaired) electrons. The number of hydrogen-bond acceptors (Lipinski definition) is 6. The molecule has 8 nitrogen and oxygen atoms in total. The van der Waals surface area contributed by atoms with E-state index in [-0.39, 0.29) is 17.7 Å². The number of amides is 2. The SMILES string of the molecule is N#Cc1cnc(N2CCC(CC(=O)Nc3cccnc3)CC2)c(NC(=O)c2cccc(Cl)c2)c1. The maximum Gasteiger partial charge on any atom is 0.255 e. The first-order valence-electron chi connectivity index (χ1n) is 10.9. The molecule has 1 fully saturated rings. The van der Waals surface area contributed by atoms with E-state index in [1.54, 1.807) is 48.8 Å². The molecular formula is C25H23ClN6O2. The van der Waals surface area contributed by atoms with Crippen LogP contribution < -0.4 is 15.5 Å². The van der Waals surface area contributed by atoms with Crippen molar-refractivity contribution in [3.8, 4) is 6.07 Å². The summed E-state index contributed by atoms with van der Waals surface area (Å²) in [4.78, 5) is 35.7. The number of aromatic nitrogens is 2. The van der Waals surface area contributed by atoms with E-state index in [2.05, 4.69) is 31.6 Å². The van der Waals surface area contributed by atoms with Gasteiger partial charge < -0.3 is 15.5 Å². The third-order valence-corrected chi connectivity index (χ3v) is 5.90. The number of piperidine rings is 1. The largest absolute Gasteiger partial charge is 0.355 e. The zero-order valence-electron chi connectivity index (χ0n) is 18.4. The Hall–Kier alpha value is -3.96. The average molecular weight is 475 g/mol. The molecule has 2 N–H and O–H groups in total. The first kappa shape index (κ1) is 23.2. The van der Waals surface area contributed by atoms with Crippen LogP contribution in [0.2, 0.25) is 5.02 Å². The van der Waals surface area contributed by atoms with E-state index in [9.17, 15) is 14.9 Å². The molecule has 0 bridgehead atoms. The molecule has 3 heterocycles. The zero-order valence-corrected chi connectivity index (χ0v) is 19.1. The van der Waals surface area contributed by atoms with Crippen LogP contribution in [0.5, 0.6) is 0 Å². The van der Waals surface area contributed by atoms with E-state index >= 15 is 0 Å². The lowest BCUT2D eigenvalue weighted by molar-refractivity contribution is -0.117. The molecule has 0 unspecified atom stereocenters. The summed E-state index contributed by atoms with van der Waals surface area (Å²) in [6.07, 6.45) is 6.83. The fourth-order valence-electron chi connectivity index (χ4n) is 3.95. The van der Waals surface area contributed by atoms with Crippen LogP contribution in [0.1, 0.15) is 35.2 Å². The summed E-state index contributed by atoms with van der Waals surface area (Å²) in [6, 6.07) is 13.9. The van der Waals surface area contributed by atoms with Crippen molar-refractivity contribution in [2.24, 2.45) is 5.92 Å². The van der Waals surface area contributed by atoms with Crippen LogP contribution >= 0.6 is 11.6 Å². The van der Waals surface area contributed by atoms with Crippen molar-refractivity contribution in [3.05, 3.63) is 77.2 Å². The summed E-state index contributed by atoms with van der Waals surface area (Å²) in [5.41, 5.74) is 1.93. The highest BCUT2D eigenvalue weighted by molar-refractivity contribution is 6.31. The smallest absolute Gasteiger partial charge is 0.255 e. The van der Waals surface area contributed by atoms with Gasteiger partial charge in [-0.05, 0) is 55.2 Å². The molecule has 4 rings (SSSR count). The van der Waals surface area contributed by atoms with Crippen LogP contribution in [0.3, 0.4) is 0 Å². The summed E-state index contributed by atoms with van der Waals surface area (Å²) in [7, 11) is 0. The number of nitriles is 1. The van der Waals surface area contributed by atoms with Gasteiger partial charge in [0.05, 0.1) is 23.1 Å². The lowest BCUT2D eigenvalue weighted by Gasteiger charge is -2.33. The van der Waals surface area contributed by atoms with Gasteiger partial charge in [0, 0.05) is 42.5 Å². The van der Waals surface area contributed by atoms with Gasteiger partial charge in [0.1, 0.15) is 6.07 Å². The standard InChI is InChI=1S/C25H23ClN6O2/c26-20-4-1-3-19(13-20)25(34)31-22-11-18(14-27)15-29-24(22)32-9-6-17(7-10-32)12-23(33)30-21-5-2-8-28-16-21/h1-5,8,11,13,15-17H,6-7,9-10,12H2,(H,30,33)(H,31,34). The second-order valence-corrected chi connectivity index (χ2v) is 8.53. The maximum absolute atomic E-state index is 12.8. The summed E-state index contributed by atoms with van der Waals surface area (Å²) < 4.78 is 0. The molecule has 9 heteroatoms. The van der Waals surface area contributed by atoms with E-state index in [1.165, 1.54) is 6.20 Å². The number of carbonyl (C=O) groups excluding carboxylic acids is 2. The first-order chi connectivity index (χ1) is 16.5. The highest BCUT2D eigenvalue weighted by atomic mass is 35.5. The van der Waals surface area contributed by atoms with Gasteiger partial charge in [-0.1, -0.05) is 17.7 Å². The minimum atomic E-state index is -0.331. The molecule has 1 aromatic carbocycles. The van der Waals surface area contributed by atoms with Crippen molar-refractivity contribution < 1.29 is 9.59 Å². The van der Waals surface area contributed by atoms with Gasteiger partial charge in [-0.2, -0.15) is 5.26 Å². The van der Waals surface area contributed by atoms with Crippen LogP contribution in [0, 0.1) is 17.2 Å². The van der Waals surface area contributed by atoms with Gasteiger partial charge >= 0.3 is 0 Å². The molecule has 172 valence electrons. The Labute approximate surface area is 202 Å². The predicted molar refractivity (Wildman–Crippen MR) is 131 cm³/mol. The van der Waals surface area contributed by atoms with Gasteiger partial charge in [-0.15, -0.1) is 0 Å². The van der Waals surface area contributed by atoms with Crippen molar-refractivity contribution in [2.75, 3.05) is 28.6 Å². The quantitative estimate of drug-likeness (QED) is 0.544. The van der Waals surface area contributed by atoms with Crippen LogP contribution in [0.4, 0.5) is 17.2 Å². The molecule has 3 aromatic rings. The molecule has 0 spiro atoms. The first-order valence-corrected chi connectivity index (χ1v) is 11.3. The highest BCUT2D eigenvalue weighted by Gasteiger charge is 2.25. The second-order valence-electron chi connectivity index (χ2n) is 8.10. The van der Waals surface area contributed by atoms with Crippen LogP contribution in [-0.2, 0) is 4.79 Å². The number of rotatable bonds is 6. The summed E-state index contributed by atoms with van der Waals surface area (Å²) in [5.74, 6) is 0.489. The third kappa shape index (κ3) is 5.88. The van der Waals surface area contributed by atoms with E-state index in [0.29, 0.717) is 52.9 Å². The molecule has 1 saturated heterocycles. The number of anilines is 3. The van der Waals surface area contributed by atoms with Gasteiger partial charge in [0.25, 0.3) is 5.91 Å². The third-order valence-electron chi connectivity index (χ3n) is 5.66. The number of carbonyl (C=O) groups is 2. The molecule has 1 aliphatic rings. The Kier molecular flexibility index (Phi) is 7.35. The van der Waals surface area contributed by atoms with Crippen molar-refractivity contribution in [1.82, 2.24) is 9.97 Å². The van der Waals surface area contributed by atoms with E-state index in [1.807, 2.05) is 6.07 Å². The number of benzene rings is 1. The molecule has 2 amide bonds. The van der Waals surface area contributed by atoms with Gasteiger partial charge in [0.2, 0.25) is 5.91 Å². The van der Waals surface area contributed by atoms with Crippen molar-refractivity contribution in [2.45, 2.75) is 19.3 Å². The monoisotopic (exact) mass is 474 g/mol. The molecule has 0 atom stereocenters. The molecule has 2 aromatic heterocycles. The summed E-state index contributed by atoms with van der Waals surface area (Å²) >= 11 is 6.01. The van der Waals surface area contributed by atoms with Gasteiger partial charge in [-0.25, -0.2) is 4.98 Å². The van der Waals surface area contributed by atoms with Gasteiger partial charge in [-0.3, -0.25) is 14.6 Å². The average Bonchev–Trinajstić information content (AvgIpc) is 2.85. The minimum Gasteiger partial charge on any atom is -0.355 e. The van der Waals surface area contributed by atoms with Crippen LogP contribution in [0.15, 0.2) is 61.1 Å². The van der Waals surface area contributed by atoms with E-state index in [0.717, 1.165) is 12.8 Å². The Morgan fingerprint density at radius 3 is 2.65 bits per heavy atom. The number of pyridine rings is 2. The van der Waals surface area contributed by atoms with Crippen molar-refractivity contribution >= 4 is 40.6 Å². The van der Waals surface area contributed by atoms with E-state index in [4.69, 9.17) is 11.6 Å². The van der Waals surface area contributed by atoms with Crippen molar-refractivity contribution in [3.63, 3.8) is 0 Å². The number of hydrogen-bond donors (Lipinski definition) is 2. The minimum absolute atomic E-state index is 0.0302. The maximum atomic E-state index is 12.8. The van der Waals surface area contributed by atoms with Gasteiger partial charge in [0.15, 0.2) is 5.82 Å². The summed E-state index contributed by atoms with van der Waals surface area (Å²) in [6.45, 7) is 1.37. The van der Waals surface area contributed by atoms with Crippen LogP contribution in [0.25, 0.3) is 0 Å². The normalized spacial score (nSPS) is 13.7.